The molecule has 0 saturated carbocycles. The molecule has 2 atom stereocenters. The average molecular weight is 463 g/mol. The van der Waals surface area contributed by atoms with Crippen LogP contribution in [0.4, 0.5) is 5.69 Å². The molecule has 5 heteroatoms. The topological polar surface area (TPSA) is 45.6 Å². The minimum atomic E-state index is -0.876. The quantitative estimate of drug-likeness (QED) is 0.550. The van der Waals surface area contributed by atoms with Crippen molar-refractivity contribution in [2.75, 3.05) is 18.0 Å². The van der Waals surface area contributed by atoms with E-state index in [4.69, 9.17) is 9.72 Å². The van der Waals surface area contributed by atoms with Crippen LogP contribution in [0.3, 0.4) is 0 Å². The fourth-order valence-corrected chi connectivity index (χ4v) is 7.22. The maximum absolute atomic E-state index is 11.2. The van der Waals surface area contributed by atoms with Crippen molar-refractivity contribution in [3.8, 4) is 5.75 Å². The number of aromatic nitrogens is 1. The van der Waals surface area contributed by atoms with Gasteiger partial charge in [-0.3, -0.25) is 0 Å². The molecule has 0 amide bonds. The van der Waals surface area contributed by atoms with Gasteiger partial charge in [-0.15, -0.1) is 11.3 Å². The maximum Gasteiger partial charge on any atom is 0.207 e. The zero-order valence-corrected chi connectivity index (χ0v) is 21.2. The zero-order chi connectivity index (χ0) is 23.1. The van der Waals surface area contributed by atoms with E-state index < -0.39 is 6.29 Å². The number of rotatable bonds is 1. The van der Waals surface area contributed by atoms with Gasteiger partial charge in [-0.2, -0.15) is 0 Å². The molecule has 0 saturated heterocycles. The molecule has 174 valence electrons. The molecule has 2 aromatic rings. The van der Waals surface area contributed by atoms with E-state index in [9.17, 15) is 5.11 Å². The van der Waals surface area contributed by atoms with E-state index in [0.717, 1.165) is 48.8 Å². The van der Waals surface area contributed by atoms with Crippen LogP contribution in [0.25, 0.3) is 12.2 Å². The van der Waals surface area contributed by atoms with Gasteiger partial charge in [0.1, 0.15) is 10.8 Å². The number of aliphatic hydroxyl groups excluding tert-OH is 1. The summed E-state index contributed by atoms with van der Waals surface area (Å²) in [6, 6.07) is 2.39. The van der Waals surface area contributed by atoms with E-state index in [1.165, 1.54) is 39.2 Å². The third-order valence-corrected chi connectivity index (χ3v) is 9.35. The van der Waals surface area contributed by atoms with Gasteiger partial charge < -0.3 is 14.7 Å². The van der Waals surface area contributed by atoms with Crippen LogP contribution in [0.15, 0.2) is 17.7 Å². The smallest absolute Gasteiger partial charge is 0.207 e. The Kier molecular flexibility index (Phi) is 4.67. The van der Waals surface area contributed by atoms with Crippen LogP contribution in [0, 0.1) is 0 Å². The fourth-order valence-electron chi connectivity index (χ4n) is 6.03. The van der Waals surface area contributed by atoms with Gasteiger partial charge in [0.15, 0.2) is 0 Å². The number of anilines is 1. The van der Waals surface area contributed by atoms with Gasteiger partial charge in [0.25, 0.3) is 0 Å². The van der Waals surface area contributed by atoms with E-state index in [1.807, 2.05) is 0 Å². The first kappa shape index (κ1) is 21.4. The number of benzene rings is 1. The Morgan fingerprint density at radius 3 is 2.70 bits per heavy atom. The molecule has 3 aliphatic heterocycles. The monoisotopic (exact) mass is 462 g/mol. The van der Waals surface area contributed by atoms with Crippen molar-refractivity contribution < 1.29 is 9.84 Å². The molecule has 1 aromatic heterocycles. The van der Waals surface area contributed by atoms with E-state index in [1.54, 1.807) is 11.3 Å². The summed E-state index contributed by atoms with van der Waals surface area (Å²) in [4.78, 5) is 8.69. The first-order chi connectivity index (χ1) is 15.6. The van der Waals surface area contributed by atoms with Crippen LogP contribution in [0.1, 0.15) is 92.1 Å². The number of thiazole rings is 1. The second-order valence-electron chi connectivity index (χ2n) is 11.6. The number of aliphatic hydroxyl groups is 1. The molecule has 4 aliphatic rings. The molecule has 4 heterocycles. The predicted molar refractivity (Wildman–Crippen MR) is 136 cm³/mol. The standard InChI is InChI=1S/C28H34N2O2S/c1-16-7-6-8-20-21(13-16)33-25(29-20)18-14-17-15-19-23-22(24(17)32-26(18)31)28(4,5)10-12-30(23)11-9-27(19,2)3/h6,8,13,15,18,26,31H,7,9-12,14H2,1-5H3. The van der Waals surface area contributed by atoms with Crippen molar-refractivity contribution in [1.82, 2.24) is 4.98 Å². The van der Waals surface area contributed by atoms with Gasteiger partial charge in [-0.1, -0.05) is 39.3 Å². The number of allylic oxidation sites excluding steroid dienone is 2. The molecule has 0 radical (unpaired) electrons. The number of hydrogen-bond donors (Lipinski definition) is 1. The largest absolute Gasteiger partial charge is 0.464 e. The highest BCUT2D eigenvalue weighted by molar-refractivity contribution is 7.12. The van der Waals surface area contributed by atoms with Crippen LogP contribution in [-0.4, -0.2) is 29.5 Å². The average Bonchev–Trinajstić information content (AvgIpc) is 3.04. The summed E-state index contributed by atoms with van der Waals surface area (Å²) in [6.07, 6.45) is 9.67. The second-order valence-corrected chi connectivity index (χ2v) is 12.7. The highest BCUT2D eigenvalue weighted by Crippen LogP contribution is 2.55. The first-order valence-corrected chi connectivity index (χ1v) is 13.1. The Morgan fingerprint density at radius 1 is 1.15 bits per heavy atom. The maximum atomic E-state index is 11.2. The van der Waals surface area contributed by atoms with E-state index >= 15 is 0 Å². The Balaban J connectivity index is 1.47. The fraction of sp³-hybridized carbons (Fsp3) is 0.536. The van der Waals surface area contributed by atoms with Gasteiger partial charge >= 0.3 is 0 Å². The summed E-state index contributed by atoms with van der Waals surface area (Å²) in [5.41, 5.74) is 7.88. The normalized spacial score (nSPS) is 26.5. The van der Waals surface area contributed by atoms with Crippen molar-refractivity contribution in [3.05, 3.63) is 50.0 Å². The van der Waals surface area contributed by atoms with Gasteiger partial charge in [0, 0.05) is 24.3 Å². The van der Waals surface area contributed by atoms with Crippen LogP contribution in [0.5, 0.6) is 5.75 Å². The minimum Gasteiger partial charge on any atom is -0.464 e. The molecule has 33 heavy (non-hydrogen) atoms. The van der Waals surface area contributed by atoms with E-state index in [2.05, 4.69) is 63.8 Å². The summed E-state index contributed by atoms with van der Waals surface area (Å²) in [7, 11) is 0. The zero-order valence-electron chi connectivity index (χ0n) is 20.4. The lowest BCUT2D eigenvalue weighted by molar-refractivity contribution is -0.0494. The highest BCUT2D eigenvalue weighted by atomic mass is 32.1. The van der Waals surface area contributed by atoms with Gasteiger partial charge in [-0.05, 0) is 72.8 Å². The Morgan fingerprint density at radius 2 is 1.91 bits per heavy atom. The highest BCUT2D eigenvalue weighted by Gasteiger charge is 2.45. The van der Waals surface area contributed by atoms with Crippen molar-refractivity contribution in [2.45, 2.75) is 83.3 Å². The van der Waals surface area contributed by atoms with Crippen molar-refractivity contribution in [1.29, 1.82) is 0 Å². The summed E-state index contributed by atoms with van der Waals surface area (Å²) in [5.74, 6) is 0.787. The van der Waals surface area contributed by atoms with Gasteiger partial charge in [-0.25, -0.2) is 4.98 Å². The molecule has 1 N–H and O–H groups in total. The third kappa shape index (κ3) is 3.30. The Labute approximate surface area is 201 Å². The Bertz CT molecular complexity index is 1200. The van der Waals surface area contributed by atoms with Crippen LogP contribution in [-0.2, 0) is 17.3 Å². The summed E-state index contributed by atoms with van der Waals surface area (Å²) < 4.78 is 6.41. The lowest BCUT2D eigenvalue weighted by Crippen LogP contribution is -2.46. The summed E-state index contributed by atoms with van der Waals surface area (Å²) >= 11 is 1.70. The van der Waals surface area contributed by atoms with Crippen molar-refractivity contribution in [3.63, 3.8) is 0 Å². The second kappa shape index (κ2) is 7.19. The van der Waals surface area contributed by atoms with Crippen LogP contribution < -0.4 is 9.64 Å². The molecule has 6 rings (SSSR count). The lowest BCUT2D eigenvalue weighted by atomic mass is 9.68. The number of fused-ring (bicyclic) bond motifs is 3. The molecule has 2 unspecified atom stereocenters. The van der Waals surface area contributed by atoms with Crippen LogP contribution >= 0.6 is 11.3 Å². The van der Waals surface area contributed by atoms with Crippen molar-refractivity contribution in [2.24, 2.45) is 0 Å². The number of hydrogen-bond acceptors (Lipinski definition) is 5. The molecular formula is C28H34N2O2S. The molecule has 1 aromatic carbocycles. The number of ether oxygens (including phenoxy) is 1. The van der Waals surface area contributed by atoms with E-state index in [0.29, 0.717) is 0 Å². The number of nitrogens with zero attached hydrogens (tertiary/aromatic N) is 2. The predicted octanol–water partition coefficient (Wildman–Crippen LogP) is 6.17. The third-order valence-electron chi connectivity index (χ3n) is 8.20. The first-order valence-electron chi connectivity index (χ1n) is 12.3. The van der Waals surface area contributed by atoms with Crippen LogP contribution in [0.2, 0.25) is 0 Å². The minimum absolute atomic E-state index is 0.0253. The van der Waals surface area contributed by atoms with Gasteiger partial charge in [0.05, 0.1) is 16.5 Å². The van der Waals surface area contributed by atoms with E-state index in [-0.39, 0.29) is 16.7 Å². The SMILES string of the molecule is CC1=Cc2sc(C3Cc4cc5c6c(c4OC3O)C(C)(C)CCN6CCC5(C)C)nc2C=CC1. The lowest BCUT2D eigenvalue weighted by Gasteiger charge is -2.49. The Hall–Kier alpha value is -2.11. The molecule has 4 nitrogen and oxygen atoms in total. The van der Waals surface area contributed by atoms with Gasteiger partial charge in [0.2, 0.25) is 6.29 Å². The summed E-state index contributed by atoms with van der Waals surface area (Å²) in [5, 5.41) is 12.2. The van der Waals surface area contributed by atoms with Crippen molar-refractivity contribution >= 4 is 29.2 Å². The molecule has 0 fully saturated rings. The summed E-state index contributed by atoms with van der Waals surface area (Å²) in [6.45, 7) is 13.8. The molecular weight excluding hydrogens is 428 g/mol. The molecule has 1 aliphatic carbocycles. The molecule has 0 spiro atoms. The molecule has 0 bridgehead atoms.